The van der Waals surface area contributed by atoms with Crippen LogP contribution in [0.25, 0.3) is 0 Å². The standard InChI is InChI=1S/C12H9FN4/c13-11-2-1-9(5-8(11)7-14)17-10-3-4-16-12(15)6-10/h1-6H,(H3,15,16,17). The molecule has 0 amide bonds. The van der Waals surface area contributed by atoms with Gasteiger partial charge in [0.25, 0.3) is 0 Å². The SMILES string of the molecule is N#Cc1cc(Nc2ccnc(N)c2)ccc1F. The number of hydrogen-bond donors (Lipinski definition) is 2. The van der Waals surface area contributed by atoms with E-state index >= 15 is 0 Å². The lowest BCUT2D eigenvalue weighted by atomic mass is 10.2. The summed E-state index contributed by atoms with van der Waals surface area (Å²) >= 11 is 0. The van der Waals surface area contributed by atoms with Gasteiger partial charge in [-0.2, -0.15) is 5.26 Å². The van der Waals surface area contributed by atoms with E-state index in [9.17, 15) is 4.39 Å². The molecule has 2 rings (SSSR count). The summed E-state index contributed by atoms with van der Waals surface area (Å²) in [4.78, 5) is 3.85. The van der Waals surface area contributed by atoms with Crippen LogP contribution in [-0.2, 0) is 0 Å². The van der Waals surface area contributed by atoms with Gasteiger partial charge < -0.3 is 11.1 Å². The van der Waals surface area contributed by atoms with Gasteiger partial charge >= 0.3 is 0 Å². The highest BCUT2D eigenvalue weighted by Crippen LogP contribution is 2.19. The number of aromatic nitrogens is 1. The van der Waals surface area contributed by atoms with Gasteiger partial charge in [0.1, 0.15) is 17.7 Å². The van der Waals surface area contributed by atoms with E-state index < -0.39 is 5.82 Å². The van der Waals surface area contributed by atoms with Crippen LogP contribution in [0.3, 0.4) is 0 Å². The van der Waals surface area contributed by atoms with Crippen molar-refractivity contribution in [2.24, 2.45) is 0 Å². The zero-order valence-electron chi connectivity index (χ0n) is 8.81. The lowest BCUT2D eigenvalue weighted by Crippen LogP contribution is -1.95. The number of nitrogen functional groups attached to an aromatic ring is 1. The molecule has 0 bridgehead atoms. The lowest BCUT2D eigenvalue weighted by molar-refractivity contribution is 0.624. The monoisotopic (exact) mass is 228 g/mol. The Morgan fingerprint density at radius 1 is 1.24 bits per heavy atom. The van der Waals surface area contributed by atoms with Gasteiger partial charge in [-0.25, -0.2) is 9.37 Å². The first kappa shape index (κ1) is 10.9. The number of anilines is 3. The number of nitrogens with two attached hydrogens (primary N) is 1. The third-order valence-corrected chi connectivity index (χ3v) is 2.16. The molecule has 5 heteroatoms. The molecule has 2 aromatic rings. The van der Waals surface area contributed by atoms with E-state index in [4.69, 9.17) is 11.0 Å². The molecule has 0 spiro atoms. The van der Waals surface area contributed by atoms with Crippen molar-refractivity contribution in [3.05, 3.63) is 47.9 Å². The van der Waals surface area contributed by atoms with Crippen molar-refractivity contribution in [2.45, 2.75) is 0 Å². The molecule has 0 saturated heterocycles. The smallest absolute Gasteiger partial charge is 0.141 e. The third-order valence-electron chi connectivity index (χ3n) is 2.16. The van der Waals surface area contributed by atoms with Gasteiger partial charge in [0.05, 0.1) is 5.56 Å². The second-order valence-electron chi connectivity index (χ2n) is 3.40. The van der Waals surface area contributed by atoms with Crippen LogP contribution < -0.4 is 11.1 Å². The van der Waals surface area contributed by atoms with Crippen LogP contribution in [-0.4, -0.2) is 4.98 Å². The van der Waals surface area contributed by atoms with Crippen molar-refractivity contribution in [3.8, 4) is 6.07 Å². The highest BCUT2D eigenvalue weighted by Gasteiger charge is 2.03. The van der Waals surface area contributed by atoms with E-state index in [1.165, 1.54) is 12.1 Å². The summed E-state index contributed by atoms with van der Waals surface area (Å²) in [5.41, 5.74) is 6.87. The Kier molecular flexibility index (Phi) is 2.88. The maximum absolute atomic E-state index is 13.1. The number of pyridine rings is 1. The minimum Gasteiger partial charge on any atom is -0.384 e. The molecular weight excluding hydrogens is 219 g/mol. The number of halogens is 1. The van der Waals surface area contributed by atoms with Crippen LogP contribution in [0.2, 0.25) is 0 Å². The van der Waals surface area contributed by atoms with E-state index in [0.29, 0.717) is 11.5 Å². The first-order valence-electron chi connectivity index (χ1n) is 4.87. The molecule has 84 valence electrons. The highest BCUT2D eigenvalue weighted by atomic mass is 19.1. The van der Waals surface area contributed by atoms with Gasteiger partial charge in [0.15, 0.2) is 0 Å². The van der Waals surface area contributed by atoms with Gasteiger partial charge in [0.2, 0.25) is 0 Å². The van der Waals surface area contributed by atoms with E-state index in [1.807, 2.05) is 0 Å². The molecule has 0 radical (unpaired) electrons. The van der Waals surface area contributed by atoms with Crippen molar-refractivity contribution in [1.29, 1.82) is 5.26 Å². The maximum atomic E-state index is 13.1. The molecule has 0 aliphatic carbocycles. The summed E-state index contributed by atoms with van der Waals surface area (Å²) in [5.74, 6) is -0.148. The Morgan fingerprint density at radius 2 is 2.00 bits per heavy atom. The molecule has 0 aliphatic rings. The second-order valence-corrected chi connectivity index (χ2v) is 3.40. The van der Waals surface area contributed by atoms with Crippen LogP contribution in [0, 0.1) is 17.1 Å². The van der Waals surface area contributed by atoms with Gasteiger partial charge in [-0.1, -0.05) is 0 Å². The summed E-state index contributed by atoms with van der Waals surface area (Å²) in [6, 6.07) is 9.38. The number of nitrogens with zero attached hydrogens (tertiary/aromatic N) is 2. The molecule has 0 aliphatic heterocycles. The van der Waals surface area contributed by atoms with Crippen LogP contribution in [0.4, 0.5) is 21.6 Å². The molecule has 0 unspecified atom stereocenters. The fraction of sp³-hybridized carbons (Fsp3) is 0. The van der Waals surface area contributed by atoms with Crippen LogP contribution >= 0.6 is 0 Å². The first-order chi connectivity index (χ1) is 8.19. The number of nitrogens with one attached hydrogen (secondary N) is 1. The Labute approximate surface area is 97.5 Å². The highest BCUT2D eigenvalue weighted by molar-refractivity contribution is 5.63. The zero-order chi connectivity index (χ0) is 12.3. The average Bonchev–Trinajstić information content (AvgIpc) is 2.32. The topological polar surface area (TPSA) is 74.7 Å². The normalized spacial score (nSPS) is 9.65. The van der Waals surface area contributed by atoms with Crippen molar-refractivity contribution >= 4 is 17.2 Å². The molecular formula is C12H9FN4. The summed E-state index contributed by atoms with van der Waals surface area (Å²) in [6.45, 7) is 0. The Bertz CT molecular complexity index is 589. The molecule has 0 atom stereocenters. The van der Waals surface area contributed by atoms with Crippen molar-refractivity contribution in [1.82, 2.24) is 4.98 Å². The van der Waals surface area contributed by atoms with Crippen molar-refractivity contribution < 1.29 is 4.39 Å². The van der Waals surface area contributed by atoms with Gasteiger partial charge in [-0.15, -0.1) is 0 Å². The maximum Gasteiger partial charge on any atom is 0.141 e. The van der Waals surface area contributed by atoms with Crippen molar-refractivity contribution in [2.75, 3.05) is 11.1 Å². The molecule has 3 N–H and O–H groups in total. The van der Waals surface area contributed by atoms with Crippen LogP contribution in [0.15, 0.2) is 36.5 Å². The molecule has 17 heavy (non-hydrogen) atoms. The van der Waals surface area contributed by atoms with Crippen LogP contribution in [0.1, 0.15) is 5.56 Å². The molecule has 1 aromatic carbocycles. The van der Waals surface area contributed by atoms with Gasteiger partial charge in [0, 0.05) is 23.6 Å². The van der Waals surface area contributed by atoms with Crippen molar-refractivity contribution in [3.63, 3.8) is 0 Å². The molecule has 0 fully saturated rings. The number of nitriles is 1. The Balaban J connectivity index is 2.28. The van der Waals surface area contributed by atoms with E-state index in [2.05, 4.69) is 10.3 Å². The largest absolute Gasteiger partial charge is 0.384 e. The summed E-state index contributed by atoms with van der Waals surface area (Å²) in [6.07, 6.45) is 1.56. The predicted octanol–water partition coefficient (Wildman–Crippen LogP) is 2.42. The summed E-state index contributed by atoms with van der Waals surface area (Å²) in [5, 5.41) is 11.7. The molecule has 1 heterocycles. The number of rotatable bonds is 2. The van der Waals surface area contributed by atoms with E-state index in [-0.39, 0.29) is 5.56 Å². The minimum atomic E-state index is -0.535. The van der Waals surface area contributed by atoms with E-state index in [0.717, 1.165) is 5.69 Å². The zero-order valence-corrected chi connectivity index (χ0v) is 8.81. The summed E-state index contributed by atoms with van der Waals surface area (Å²) in [7, 11) is 0. The number of benzene rings is 1. The molecule has 4 nitrogen and oxygen atoms in total. The van der Waals surface area contributed by atoms with Crippen LogP contribution in [0.5, 0.6) is 0 Å². The predicted molar refractivity (Wildman–Crippen MR) is 63.0 cm³/mol. The first-order valence-corrected chi connectivity index (χ1v) is 4.87. The summed E-state index contributed by atoms with van der Waals surface area (Å²) < 4.78 is 13.1. The quantitative estimate of drug-likeness (QED) is 0.827. The Morgan fingerprint density at radius 3 is 2.71 bits per heavy atom. The number of hydrogen-bond acceptors (Lipinski definition) is 4. The molecule has 0 saturated carbocycles. The lowest BCUT2D eigenvalue weighted by Gasteiger charge is -2.07. The fourth-order valence-electron chi connectivity index (χ4n) is 1.38. The third kappa shape index (κ3) is 2.49. The van der Waals surface area contributed by atoms with Gasteiger partial charge in [-0.05, 0) is 24.3 Å². The molecule has 1 aromatic heterocycles. The minimum absolute atomic E-state index is 0.00275. The fourth-order valence-corrected chi connectivity index (χ4v) is 1.38. The Hall–Kier alpha value is -2.61. The average molecular weight is 228 g/mol. The van der Waals surface area contributed by atoms with E-state index in [1.54, 1.807) is 30.5 Å². The van der Waals surface area contributed by atoms with Gasteiger partial charge in [-0.3, -0.25) is 0 Å². The second kappa shape index (κ2) is 4.49.